The van der Waals surface area contributed by atoms with Crippen molar-refractivity contribution in [2.75, 3.05) is 6.54 Å². The van der Waals surface area contributed by atoms with Crippen LogP contribution in [-0.4, -0.2) is 37.5 Å². The minimum atomic E-state index is -0.251. The molecule has 1 atom stereocenters. The molecule has 3 aromatic rings. The molecule has 134 valence electrons. The summed E-state index contributed by atoms with van der Waals surface area (Å²) >= 11 is 1.40. The number of pyridine rings is 1. The number of hydrogen-bond donors (Lipinski definition) is 1. The van der Waals surface area contributed by atoms with Gasteiger partial charge in [-0.3, -0.25) is 9.78 Å². The third kappa shape index (κ3) is 4.49. The zero-order valence-corrected chi connectivity index (χ0v) is 15.6. The Labute approximate surface area is 157 Å². The number of aromatic nitrogens is 4. The number of hydrogen-bond acceptors (Lipinski definition) is 5. The first-order valence-electron chi connectivity index (χ1n) is 8.43. The van der Waals surface area contributed by atoms with Gasteiger partial charge in [-0.2, -0.15) is 0 Å². The van der Waals surface area contributed by atoms with E-state index in [0.717, 1.165) is 17.8 Å². The maximum atomic E-state index is 12.3. The zero-order chi connectivity index (χ0) is 18.4. The summed E-state index contributed by atoms with van der Waals surface area (Å²) < 4.78 is 1.90. The number of nitrogens with one attached hydrogen (secondary N) is 1. The normalized spacial score (nSPS) is 11.9. The number of rotatable bonds is 7. The first-order valence-corrected chi connectivity index (χ1v) is 9.31. The Morgan fingerprint density at radius 1 is 1.15 bits per heavy atom. The van der Waals surface area contributed by atoms with Crippen LogP contribution >= 0.6 is 11.8 Å². The van der Waals surface area contributed by atoms with Gasteiger partial charge in [0, 0.05) is 31.5 Å². The van der Waals surface area contributed by atoms with Crippen molar-refractivity contribution in [1.29, 1.82) is 0 Å². The number of carbonyl (C=O) groups excluding carboxylic acids is 1. The van der Waals surface area contributed by atoms with Crippen LogP contribution in [0.4, 0.5) is 0 Å². The summed E-state index contributed by atoms with van der Waals surface area (Å²) in [6.45, 7) is 2.50. The fourth-order valence-corrected chi connectivity index (χ4v) is 3.34. The van der Waals surface area contributed by atoms with Gasteiger partial charge in [0.25, 0.3) is 0 Å². The maximum absolute atomic E-state index is 12.3. The average molecular weight is 367 g/mol. The number of thioether (sulfide) groups is 1. The molecule has 0 unspecified atom stereocenters. The second kappa shape index (κ2) is 8.62. The van der Waals surface area contributed by atoms with Crippen LogP contribution in [0.5, 0.6) is 0 Å². The van der Waals surface area contributed by atoms with E-state index >= 15 is 0 Å². The van der Waals surface area contributed by atoms with Crippen molar-refractivity contribution < 1.29 is 4.79 Å². The highest BCUT2D eigenvalue weighted by atomic mass is 32.2. The second-order valence-electron chi connectivity index (χ2n) is 5.89. The second-order valence-corrected chi connectivity index (χ2v) is 7.20. The molecule has 0 aliphatic rings. The van der Waals surface area contributed by atoms with Crippen LogP contribution < -0.4 is 5.32 Å². The molecule has 2 aromatic heterocycles. The monoisotopic (exact) mass is 367 g/mol. The van der Waals surface area contributed by atoms with E-state index in [2.05, 4.69) is 32.6 Å². The van der Waals surface area contributed by atoms with E-state index in [9.17, 15) is 4.79 Å². The number of benzene rings is 1. The van der Waals surface area contributed by atoms with E-state index < -0.39 is 0 Å². The van der Waals surface area contributed by atoms with Gasteiger partial charge in [-0.15, -0.1) is 10.2 Å². The lowest BCUT2D eigenvalue weighted by Crippen LogP contribution is -2.32. The van der Waals surface area contributed by atoms with Gasteiger partial charge < -0.3 is 9.88 Å². The Morgan fingerprint density at radius 2 is 1.88 bits per heavy atom. The van der Waals surface area contributed by atoms with Gasteiger partial charge in [0.2, 0.25) is 5.91 Å². The maximum Gasteiger partial charge on any atom is 0.233 e. The van der Waals surface area contributed by atoms with Gasteiger partial charge in [0.1, 0.15) is 0 Å². The summed E-state index contributed by atoms with van der Waals surface area (Å²) in [4.78, 5) is 16.3. The molecular formula is C19H21N5OS. The topological polar surface area (TPSA) is 72.7 Å². The molecule has 0 radical (unpaired) electrons. The molecule has 1 N–H and O–H groups in total. The number of nitrogens with zero attached hydrogens (tertiary/aromatic N) is 4. The van der Waals surface area contributed by atoms with Crippen LogP contribution in [0.25, 0.3) is 11.4 Å². The highest BCUT2D eigenvalue weighted by Gasteiger charge is 2.19. The number of carbonyl (C=O) groups is 1. The lowest BCUT2D eigenvalue weighted by molar-refractivity contribution is -0.120. The molecule has 0 bridgehead atoms. The molecule has 6 nitrogen and oxygen atoms in total. The molecule has 0 saturated carbocycles. The van der Waals surface area contributed by atoms with Gasteiger partial charge in [-0.1, -0.05) is 42.1 Å². The van der Waals surface area contributed by atoms with Crippen LogP contribution in [-0.2, 0) is 18.3 Å². The van der Waals surface area contributed by atoms with Crippen LogP contribution in [0, 0.1) is 0 Å². The standard InChI is InChI=1S/C19H21N5OS/c1-14(18(25)21-13-8-15-6-4-3-5-7-15)26-19-23-22-17(24(19)2)16-9-11-20-12-10-16/h3-7,9-12,14H,8,13H2,1-2H3,(H,21,25)/t14-/m0/s1. The highest BCUT2D eigenvalue weighted by molar-refractivity contribution is 8.00. The van der Waals surface area contributed by atoms with E-state index in [1.165, 1.54) is 17.3 Å². The third-order valence-corrected chi connectivity index (χ3v) is 5.11. The molecule has 0 aliphatic carbocycles. The minimum absolute atomic E-state index is 0.000563. The van der Waals surface area contributed by atoms with Crippen LogP contribution in [0.2, 0.25) is 0 Å². The molecule has 0 saturated heterocycles. The molecule has 7 heteroatoms. The summed E-state index contributed by atoms with van der Waals surface area (Å²) in [5.74, 6) is 0.756. The third-order valence-electron chi connectivity index (χ3n) is 3.98. The fraction of sp³-hybridized carbons (Fsp3) is 0.263. The Morgan fingerprint density at radius 3 is 2.62 bits per heavy atom. The summed E-state index contributed by atoms with van der Waals surface area (Å²) in [5.41, 5.74) is 2.16. The van der Waals surface area contributed by atoms with E-state index in [4.69, 9.17) is 0 Å². The van der Waals surface area contributed by atoms with Gasteiger partial charge >= 0.3 is 0 Å². The quantitative estimate of drug-likeness (QED) is 0.650. The smallest absolute Gasteiger partial charge is 0.233 e. The molecule has 0 spiro atoms. The van der Waals surface area contributed by atoms with Crippen molar-refractivity contribution >= 4 is 17.7 Å². The molecular weight excluding hydrogens is 346 g/mol. The van der Waals surface area contributed by atoms with E-state index in [1.54, 1.807) is 12.4 Å². The molecule has 1 aromatic carbocycles. The zero-order valence-electron chi connectivity index (χ0n) is 14.8. The Hall–Kier alpha value is -2.67. The van der Waals surface area contributed by atoms with Crippen LogP contribution in [0.3, 0.4) is 0 Å². The Kier molecular flexibility index (Phi) is 6.01. The first kappa shape index (κ1) is 18.1. The van der Waals surface area contributed by atoms with Crippen LogP contribution in [0.15, 0.2) is 60.0 Å². The Bertz CT molecular complexity index is 851. The van der Waals surface area contributed by atoms with Crippen molar-refractivity contribution in [3.05, 3.63) is 60.4 Å². The van der Waals surface area contributed by atoms with Crippen molar-refractivity contribution in [1.82, 2.24) is 25.1 Å². The molecule has 1 amide bonds. The Balaban J connectivity index is 1.55. The van der Waals surface area contributed by atoms with Gasteiger partial charge in [-0.25, -0.2) is 0 Å². The van der Waals surface area contributed by atoms with Crippen molar-refractivity contribution in [2.24, 2.45) is 7.05 Å². The predicted molar refractivity (Wildman–Crippen MR) is 103 cm³/mol. The summed E-state index contributed by atoms with van der Waals surface area (Å²) in [5, 5.41) is 11.9. The van der Waals surface area contributed by atoms with E-state index in [-0.39, 0.29) is 11.2 Å². The molecule has 3 rings (SSSR count). The first-order chi connectivity index (χ1) is 12.6. The lowest BCUT2D eigenvalue weighted by Gasteiger charge is -2.11. The van der Waals surface area contributed by atoms with Gasteiger partial charge in [0.15, 0.2) is 11.0 Å². The minimum Gasteiger partial charge on any atom is -0.355 e. The van der Waals surface area contributed by atoms with Crippen LogP contribution in [0.1, 0.15) is 12.5 Å². The molecule has 2 heterocycles. The summed E-state index contributed by atoms with van der Waals surface area (Å²) in [6, 6.07) is 13.9. The molecule has 0 fully saturated rings. The lowest BCUT2D eigenvalue weighted by atomic mass is 10.1. The fourth-order valence-electron chi connectivity index (χ4n) is 2.50. The summed E-state index contributed by atoms with van der Waals surface area (Å²) in [7, 11) is 1.90. The van der Waals surface area contributed by atoms with Gasteiger partial charge in [-0.05, 0) is 31.0 Å². The predicted octanol–water partition coefficient (Wildman–Crippen LogP) is 2.72. The van der Waals surface area contributed by atoms with Gasteiger partial charge in [0.05, 0.1) is 5.25 Å². The average Bonchev–Trinajstić information content (AvgIpc) is 3.03. The number of amides is 1. The molecule has 26 heavy (non-hydrogen) atoms. The van der Waals surface area contributed by atoms with Crippen molar-refractivity contribution in [3.8, 4) is 11.4 Å². The SMILES string of the molecule is C[C@H](Sc1nnc(-c2ccncc2)n1C)C(=O)NCCc1ccccc1. The van der Waals surface area contributed by atoms with Crippen molar-refractivity contribution in [3.63, 3.8) is 0 Å². The molecule has 0 aliphatic heterocycles. The van der Waals surface area contributed by atoms with E-state index in [0.29, 0.717) is 11.7 Å². The van der Waals surface area contributed by atoms with Crippen molar-refractivity contribution in [2.45, 2.75) is 23.8 Å². The summed E-state index contributed by atoms with van der Waals surface area (Å²) in [6.07, 6.45) is 4.26. The largest absolute Gasteiger partial charge is 0.355 e. The highest BCUT2D eigenvalue weighted by Crippen LogP contribution is 2.25. The van der Waals surface area contributed by atoms with E-state index in [1.807, 2.05) is 48.9 Å².